The molecule has 7 heteroatoms. The van der Waals surface area contributed by atoms with Crippen LogP contribution in [0, 0.1) is 6.92 Å². The summed E-state index contributed by atoms with van der Waals surface area (Å²) in [5, 5.41) is 7.17. The minimum Gasteiger partial charge on any atom is -0.370 e. The van der Waals surface area contributed by atoms with Crippen LogP contribution in [0.4, 0.5) is 0 Å². The van der Waals surface area contributed by atoms with E-state index in [1.54, 1.807) is 0 Å². The van der Waals surface area contributed by atoms with Crippen molar-refractivity contribution in [3.63, 3.8) is 0 Å². The van der Waals surface area contributed by atoms with Gasteiger partial charge in [0.15, 0.2) is 11.8 Å². The van der Waals surface area contributed by atoms with E-state index in [-0.39, 0.29) is 12.2 Å². The fraction of sp³-hybridized carbons (Fsp3) is 0.812. The number of nitrogens with two attached hydrogens (primary N) is 1. The molecule has 1 saturated carbocycles. The molecular formula is C16H27N5O2. The van der Waals surface area contributed by atoms with Gasteiger partial charge in [-0.3, -0.25) is 4.99 Å². The Kier molecular flexibility index (Phi) is 5.48. The highest BCUT2D eigenvalue weighted by Gasteiger charge is 2.30. The molecular weight excluding hydrogens is 294 g/mol. The lowest BCUT2D eigenvalue weighted by molar-refractivity contribution is 0.0309. The zero-order valence-electron chi connectivity index (χ0n) is 13.8. The number of nitrogens with one attached hydrogen (secondary N) is 1. The van der Waals surface area contributed by atoms with Crippen LogP contribution in [-0.2, 0) is 4.74 Å². The predicted molar refractivity (Wildman–Crippen MR) is 87.0 cm³/mol. The average Bonchev–Trinajstić information content (AvgIpc) is 3.10. The molecule has 0 unspecified atom stereocenters. The number of hydrogen-bond donors (Lipinski definition) is 2. The van der Waals surface area contributed by atoms with Gasteiger partial charge in [0.1, 0.15) is 6.10 Å². The van der Waals surface area contributed by atoms with E-state index >= 15 is 0 Å². The number of guanidine groups is 1. The predicted octanol–water partition coefficient (Wildman–Crippen LogP) is 2.23. The SMILES string of the molecule is Cc1noc([C@@H]2CC[C@H](CN=C(N)NC3CCCCCC3)O2)n1. The number of nitrogens with zero attached hydrogens (tertiary/aromatic N) is 3. The molecule has 0 radical (unpaired) electrons. The summed E-state index contributed by atoms with van der Waals surface area (Å²) >= 11 is 0. The maximum absolute atomic E-state index is 6.03. The van der Waals surface area contributed by atoms with E-state index in [0.29, 0.717) is 30.3 Å². The molecule has 7 nitrogen and oxygen atoms in total. The Morgan fingerprint density at radius 3 is 2.70 bits per heavy atom. The van der Waals surface area contributed by atoms with Crippen molar-refractivity contribution >= 4 is 5.96 Å². The van der Waals surface area contributed by atoms with Crippen molar-refractivity contribution in [3.05, 3.63) is 11.7 Å². The normalized spacial score (nSPS) is 27.1. The topological polar surface area (TPSA) is 98.6 Å². The van der Waals surface area contributed by atoms with E-state index in [9.17, 15) is 0 Å². The van der Waals surface area contributed by atoms with E-state index in [1.165, 1.54) is 38.5 Å². The largest absolute Gasteiger partial charge is 0.370 e. The van der Waals surface area contributed by atoms with Crippen LogP contribution in [0.15, 0.2) is 9.52 Å². The standard InChI is InChI=1S/C16H27N5O2/c1-11-19-15(23-21-11)14-9-8-13(22-14)10-18-16(17)20-12-6-4-2-3-5-7-12/h12-14H,2-10H2,1H3,(H3,17,18,20)/t13-,14+/m1/s1. The summed E-state index contributed by atoms with van der Waals surface area (Å²) < 4.78 is 11.1. The van der Waals surface area contributed by atoms with E-state index < -0.39 is 0 Å². The summed E-state index contributed by atoms with van der Waals surface area (Å²) in [5.41, 5.74) is 6.03. The van der Waals surface area contributed by atoms with Crippen LogP contribution in [0.1, 0.15) is 69.2 Å². The number of aromatic nitrogens is 2. The van der Waals surface area contributed by atoms with Crippen molar-refractivity contribution in [1.29, 1.82) is 0 Å². The molecule has 2 fully saturated rings. The van der Waals surface area contributed by atoms with Crippen molar-refractivity contribution in [2.75, 3.05) is 6.54 Å². The summed E-state index contributed by atoms with van der Waals surface area (Å²) in [7, 11) is 0. The third-order valence-electron chi connectivity index (χ3n) is 4.60. The molecule has 0 spiro atoms. The zero-order chi connectivity index (χ0) is 16.1. The minimum absolute atomic E-state index is 0.0710. The van der Waals surface area contributed by atoms with Crippen molar-refractivity contribution in [2.45, 2.75) is 76.5 Å². The Bertz CT molecular complexity index is 522. The van der Waals surface area contributed by atoms with E-state index in [0.717, 1.165) is 12.8 Å². The lowest BCUT2D eigenvalue weighted by atomic mass is 10.1. The smallest absolute Gasteiger partial charge is 0.255 e. The molecule has 3 rings (SSSR count). The molecule has 23 heavy (non-hydrogen) atoms. The van der Waals surface area contributed by atoms with Crippen LogP contribution in [0.5, 0.6) is 0 Å². The average molecular weight is 321 g/mol. The molecule has 3 N–H and O–H groups in total. The van der Waals surface area contributed by atoms with Crippen molar-refractivity contribution < 1.29 is 9.26 Å². The second-order valence-electron chi connectivity index (χ2n) is 6.56. The number of aryl methyl sites for hydroxylation is 1. The fourth-order valence-electron chi connectivity index (χ4n) is 3.34. The number of ether oxygens (including phenoxy) is 1. The van der Waals surface area contributed by atoms with Gasteiger partial charge < -0.3 is 20.3 Å². The van der Waals surface area contributed by atoms with Crippen LogP contribution < -0.4 is 11.1 Å². The quantitative estimate of drug-likeness (QED) is 0.501. The molecule has 0 amide bonds. The van der Waals surface area contributed by atoms with E-state index in [1.807, 2.05) is 6.92 Å². The highest BCUT2D eigenvalue weighted by molar-refractivity contribution is 5.78. The van der Waals surface area contributed by atoms with Gasteiger partial charge in [-0.2, -0.15) is 4.98 Å². The summed E-state index contributed by atoms with van der Waals surface area (Å²) in [6, 6.07) is 0.472. The third-order valence-corrected chi connectivity index (χ3v) is 4.60. The van der Waals surface area contributed by atoms with Gasteiger partial charge in [0.05, 0.1) is 12.6 Å². The fourth-order valence-corrected chi connectivity index (χ4v) is 3.34. The molecule has 2 atom stereocenters. The molecule has 1 saturated heterocycles. The second kappa shape index (κ2) is 7.77. The first-order chi connectivity index (χ1) is 11.2. The van der Waals surface area contributed by atoms with Gasteiger partial charge in [-0.25, -0.2) is 0 Å². The van der Waals surface area contributed by atoms with E-state index in [2.05, 4.69) is 20.4 Å². The first kappa shape index (κ1) is 16.2. The van der Waals surface area contributed by atoms with Gasteiger partial charge in [0.25, 0.3) is 5.89 Å². The molecule has 1 aliphatic carbocycles. The second-order valence-corrected chi connectivity index (χ2v) is 6.56. The van der Waals surface area contributed by atoms with Gasteiger partial charge in [-0.1, -0.05) is 30.8 Å². The maximum Gasteiger partial charge on any atom is 0.255 e. The number of hydrogen-bond acceptors (Lipinski definition) is 5. The Hall–Kier alpha value is -1.63. The van der Waals surface area contributed by atoms with Crippen molar-refractivity contribution in [1.82, 2.24) is 15.5 Å². The molecule has 1 aromatic heterocycles. The number of rotatable bonds is 4. The Labute approximate surface area is 137 Å². The Balaban J connectivity index is 1.44. The van der Waals surface area contributed by atoms with Crippen LogP contribution in [0.3, 0.4) is 0 Å². The number of aliphatic imine (C=N–C) groups is 1. The Morgan fingerprint density at radius 2 is 2.00 bits per heavy atom. The molecule has 1 aromatic rings. The Morgan fingerprint density at radius 1 is 1.22 bits per heavy atom. The molecule has 2 aliphatic rings. The van der Waals surface area contributed by atoms with Crippen LogP contribution in [0.2, 0.25) is 0 Å². The molecule has 2 heterocycles. The lowest BCUT2D eigenvalue weighted by Crippen LogP contribution is -2.40. The minimum atomic E-state index is -0.104. The van der Waals surface area contributed by atoms with Gasteiger partial charge >= 0.3 is 0 Å². The summed E-state index contributed by atoms with van der Waals surface area (Å²) in [6.07, 6.45) is 9.40. The van der Waals surface area contributed by atoms with Crippen LogP contribution in [-0.4, -0.2) is 34.8 Å². The molecule has 0 bridgehead atoms. The van der Waals surface area contributed by atoms with Gasteiger partial charge in [0, 0.05) is 6.04 Å². The lowest BCUT2D eigenvalue weighted by Gasteiger charge is -2.17. The summed E-state index contributed by atoms with van der Waals surface area (Å²) in [6.45, 7) is 2.39. The monoisotopic (exact) mass is 321 g/mol. The molecule has 128 valence electrons. The van der Waals surface area contributed by atoms with E-state index in [4.69, 9.17) is 15.0 Å². The van der Waals surface area contributed by atoms with Crippen LogP contribution >= 0.6 is 0 Å². The zero-order valence-corrected chi connectivity index (χ0v) is 13.8. The molecule has 1 aliphatic heterocycles. The first-order valence-corrected chi connectivity index (χ1v) is 8.73. The summed E-state index contributed by atoms with van der Waals surface area (Å²) in [4.78, 5) is 8.69. The first-order valence-electron chi connectivity index (χ1n) is 8.73. The molecule has 0 aromatic carbocycles. The highest BCUT2D eigenvalue weighted by Crippen LogP contribution is 2.31. The third kappa shape index (κ3) is 4.67. The van der Waals surface area contributed by atoms with Gasteiger partial charge in [0.2, 0.25) is 0 Å². The van der Waals surface area contributed by atoms with Gasteiger partial charge in [-0.15, -0.1) is 0 Å². The highest BCUT2D eigenvalue weighted by atomic mass is 16.5. The van der Waals surface area contributed by atoms with Crippen molar-refractivity contribution in [3.8, 4) is 0 Å². The van der Waals surface area contributed by atoms with Gasteiger partial charge in [-0.05, 0) is 32.6 Å². The van der Waals surface area contributed by atoms with Crippen molar-refractivity contribution in [2.24, 2.45) is 10.7 Å². The maximum atomic E-state index is 6.03. The van der Waals surface area contributed by atoms with Crippen LogP contribution in [0.25, 0.3) is 0 Å². The summed E-state index contributed by atoms with van der Waals surface area (Å²) in [5.74, 6) is 1.75.